The first-order valence-electron chi connectivity index (χ1n) is 7.18. The van der Waals surface area contributed by atoms with Crippen LogP contribution in [0.3, 0.4) is 0 Å². The molecule has 7 heteroatoms. The van der Waals surface area contributed by atoms with Crippen LogP contribution in [0.5, 0.6) is 0 Å². The van der Waals surface area contributed by atoms with E-state index in [4.69, 9.17) is 17.0 Å². The zero-order valence-electron chi connectivity index (χ0n) is 12.4. The molecule has 0 spiro atoms. The van der Waals surface area contributed by atoms with Gasteiger partial charge in [-0.3, -0.25) is 9.59 Å². The van der Waals surface area contributed by atoms with Crippen molar-refractivity contribution in [3.63, 3.8) is 0 Å². The molecule has 0 unspecified atom stereocenters. The summed E-state index contributed by atoms with van der Waals surface area (Å²) in [5.41, 5.74) is 0.841. The van der Waals surface area contributed by atoms with Gasteiger partial charge in [-0.15, -0.1) is 0 Å². The van der Waals surface area contributed by atoms with E-state index in [-0.39, 0.29) is 12.3 Å². The van der Waals surface area contributed by atoms with Gasteiger partial charge in [0.2, 0.25) is 5.91 Å². The number of ether oxygens (including phenoxy) is 1. The summed E-state index contributed by atoms with van der Waals surface area (Å²) < 4.78 is 4.93. The lowest BCUT2D eigenvalue weighted by atomic mass is 10.1. The average Bonchev–Trinajstić information content (AvgIpc) is 2.50. The molecule has 1 saturated heterocycles. The molecule has 2 rings (SSSR count). The summed E-state index contributed by atoms with van der Waals surface area (Å²) in [5.74, 6) is -0.617. The van der Waals surface area contributed by atoms with E-state index in [1.165, 1.54) is 0 Å². The largest absolute Gasteiger partial charge is 0.466 e. The Bertz CT molecular complexity index is 550. The Morgan fingerprint density at radius 3 is 2.86 bits per heavy atom. The number of nitrogens with one attached hydrogen (secondary N) is 2. The second kappa shape index (κ2) is 7.74. The number of carbonyl (C=O) groups excluding carboxylic acids is 2. The third-order valence-electron chi connectivity index (χ3n) is 3.28. The molecule has 1 aliphatic rings. The molecular formula is C15H19N3O3S. The predicted molar refractivity (Wildman–Crippen MR) is 87.4 cm³/mol. The number of nitrogens with zero attached hydrogens (tertiary/aromatic N) is 1. The van der Waals surface area contributed by atoms with E-state index in [0.717, 1.165) is 5.69 Å². The van der Waals surface area contributed by atoms with Crippen molar-refractivity contribution in [3.8, 4) is 0 Å². The van der Waals surface area contributed by atoms with Crippen LogP contribution in [0.1, 0.15) is 13.3 Å². The summed E-state index contributed by atoms with van der Waals surface area (Å²) in [4.78, 5) is 25.5. The summed E-state index contributed by atoms with van der Waals surface area (Å²) in [5, 5.41) is 6.27. The maximum Gasteiger partial charge on any atom is 0.308 e. The number of thiocarbonyl (C=S) groups is 1. The number of esters is 1. The lowest BCUT2D eigenvalue weighted by Gasteiger charge is -2.36. The number of para-hydroxylation sites is 1. The summed E-state index contributed by atoms with van der Waals surface area (Å²) in [6.07, 6.45) is -0.0176. The van der Waals surface area contributed by atoms with Crippen molar-refractivity contribution < 1.29 is 14.3 Å². The van der Waals surface area contributed by atoms with Crippen LogP contribution in [0.25, 0.3) is 0 Å². The van der Waals surface area contributed by atoms with Crippen LogP contribution < -0.4 is 10.6 Å². The number of carbonyl (C=O) groups is 2. The Morgan fingerprint density at radius 2 is 2.18 bits per heavy atom. The Hall–Kier alpha value is -2.15. The van der Waals surface area contributed by atoms with E-state index >= 15 is 0 Å². The summed E-state index contributed by atoms with van der Waals surface area (Å²) in [6, 6.07) is 8.82. The third kappa shape index (κ3) is 4.17. The van der Waals surface area contributed by atoms with Gasteiger partial charge in [-0.2, -0.15) is 0 Å². The zero-order valence-corrected chi connectivity index (χ0v) is 13.2. The molecule has 1 aromatic rings. The smallest absolute Gasteiger partial charge is 0.308 e. The number of hydrogen-bond donors (Lipinski definition) is 2. The van der Waals surface area contributed by atoms with Crippen molar-refractivity contribution in [2.75, 3.05) is 25.0 Å². The van der Waals surface area contributed by atoms with Gasteiger partial charge >= 0.3 is 5.97 Å². The highest BCUT2D eigenvalue weighted by Gasteiger charge is 2.33. The molecule has 1 fully saturated rings. The minimum absolute atomic E-state index is 0.0176. The first-order valence-corrected chi connectivity index (χ1v) is 7.58. The summed E-state index contributed by atoms with van der Waals surface area (Å²) in [7, 11) is 0. The number of hydrogen-bond acceptors (Lipinski definition) is 4. The average molecular weight is 321 g/mol. The second-order valence-electron chi connectivity index (χ2n) is 4.81. The fourth-order valence-corrected chi connectivity index (χ4v) is 2.59. The van der Waals surface area contributed by atoms with Crippen molar-refractivity contribution in [3.05, 3.63) is 30.3 Å². The van der Waals surface area contributed by atoms with Crippen LogP contribution in [-0.4, -0.2) is 47.6 Å². The molecule has 1 amide bonds. The first kappa shape index (κ1) is 16.2. The lowest BCUT2D eigenvalue weighted by Crippen LogP contribution is -2.58. The van der Waals surface area contributed by atoms with E-state index in [1.54, 1.807) is 11.8 Å². The fraction of sp³-hybridized carbons (Fsp3) is 0.400. The normalized spacial score (nSPS) is 17.6. The molecule has 6 nitrogen and oxygen atoms in total. The predicted octanol–water partition coefficient (Wildman–Crippen LogP) is 1.14. The van der Waals surface area contributed by atoms with E-state index in [9.17, 15) is 9.59 Å². The number of amides is 1. The standard InChI is InChI=1S/C15H19N3O3S/c1-2-21-13(19)10-12-14(20)16-8-9-18(12)15(22)17-11-6-4-3-5-7-11/h3-7,12H,2,8-10H2,1H3,(H,16,20)(H,17,22)/t12-/m0/s1. The van der Waals surface area contributed by atoms with Gasteiger partial charge < -0.3 is 20.3 Å². The molecule has 1 heterocycles. The lowest BCUT2D eigenvalue weighted by molar-refractivity contribution is -0.147. The van der Waals surface area contributed by atoms with Gasteiger partial charge in [0.05, 0.1) is 13.0 Å². The number of rotatable bonds is 4. The van der Waals surface area contributed by atoms with Crippen LogP contribution in [0.2, 0.25) is 0 Å². The van der Waals surface area contributed by atoms with E-state index in [0.29, 0.717) is 24.8 Å². The Kier molecular flexibility index (Phi) is 5.71. The number of anilines is 1. The summed E-state index contributed by atoms with van der Waals surface area (Å²) >= 11 is 5.39. The monoisotopic (exact) mass is 321 g/mol. The van der Waals surface area contributed by atoms with E-state index in [2.05, 4.69) is 10.6 Å². The van der Waals surface area contributed by atoms with Gasteiger partial charge in [0.1, 0.15) is 6.04 Å². The summed E-state index contributed by atoms with van der Waals surface area (Å²) in [6.45, 7) is 3.07. The Labute approximate surface area is 134 Å². The Morgan fingerprint density at radius 1 is 1.45 bits per heavy atom. The minimum Gasteiger partial charge on any atom is -0.466 e. The molecule has 0 aliphatic carbocycles. The first-order chi connectivity index (χ1) is 10.6. The van der Waals surface area contributed by atoms with Crippen molar-refractivity contribution in [2.24, 2.45) is 0 Å². The van der Waals surface area contributed by atoms with Crippen LogP contribution in [0, 0.1) is 0 Å². The topological polar surface area (TPSA) is 70.7 Å². The van der Waals surface area contributed by atoms with Gasteiger partial charge in [0.15, 0.2) is 5.11 Å². The molecule has 1 atom stereocenters. The van der Waals surface area contributed by atoms with Crippen LogP contribution in [0.15, 0.2) is 30.3 Å². The van der Waals surface area contributed by atoms with Gasteiger partial charge in [-0.1, -0.05) is 18.2 Å². The number of benzene rings is 1. The quantitative estimate of drug-likeness (QED) is 0.640. The van der Waals surface area contributed by atoms with Crippen LogP contribution in [-0.2, 0) is 14.3 Å². The molecule has 118 valence electrons. The van der Waals surface area contributed by atoms with Crippen molar-refractivity contribution in [1.29, 1.82) is 0 Å². The highest BCUT2D eigenvalue weighted by atomic mass is 32.1. The maximum absolute atomic E-state index is 12.1. The maximum atomic E-state index is 12.1. The Balaban J connectivity index is 2.06. The second-order valence-corrected chi connectivity index (χ2v) is 5.19. The SMILES string of the molecule is CCOC(=O)C[C@H]1C(=O)NCCN1C(=S)Nc1ccccc1. The molecule has 0 radical (unpaired) electrons. The molecule has 0 bridgehead atoms. The molecule has 2 N–H and O–H groups in total. The van der Waals surface area contributed by atoms with Gasteiger partial charge in [0, 0.05) is 18.8 Å². The van der Waals surface area contributed by atoms with Crippen LogP contribution >= 0.6 is 12.2 Å². The molecule has 0 saturated carbocycles. The third-order valence-corrected chi connectivity index (χ3v) is 3.62. The minimum atomic E-state index is -0.642. The molecule has 1 aromatic carbocycles. The van der Waals surface area contributed by atoms with Gasteiger partial charge in [-0.25, -0.2) is 0 Å². The molecular weight excluding hydrogens is 302 g/mol. The highest BCUT2D eigenvalue weighted by molar-refractivity contribution is 7.80. The van der Waals surface area contributed by atoms with Crippen molar-refractivity contribution in [2.45, 2.75) is 19.4 Å². The number of piperazine rings is 1. The van der Waals surface area contributed by atoms with Gasteiger partial charge in [0.25, 0.3) is 0 Å². The fourth-order valence-electron chi connectivity index (χ4n) is 2.26. The van der Waals surface area contributed by atoms with Crippen molar-refractivity contribution >= 4 is 34.9 Å². The zero-order chi connectivity index (χ0) is 15.9. The highest BCUT2D eigenvalue weighted by Crippen LogP contribution is 2.14. The molecule has 22 heavy (non-hydrogen) atoms. The van der Waals surface area contributed by atoms with Crippen LogP contribution in [0.4, 0.5) is 5.69 Å². The van der Waals surface area contributed by atoms with Gasteiger partial charge in [-0.05, 0) is 31.3 Å². The van der Waals surface area contributed by atoms with E-state index < -0.39 is 12.0 Å². The van der Waals surface area contributed by atoms with E-state index in [1.807, 2.05) is 30.3 Å². The molecule has 0 aromatic heterocycles. The van der Waals surface area contributed by atoms with Crippen molar-refractivity contribution in [1.82, 2.24) is 10.2 Å². The molecule has 1 aliphatic heterocycles.